The van der Waals surface area contributed by atoms with Crippen molar-refractivity contribution in [3.05, 3.63) is 42.1 Å². The topological polar surface area (TPSA) is 63.7 Å². The van der Waals surface area contributed by atoms with E-state index in [1.54, 1.807) is 20.3 Å². The van der Waals surface area contributed by atoms with Crippen LogP contribution < -0.4 is 14.8 Å². The van der Waals surface area contributed by atoms with E-state index in [0.717, 1.165) is 24.3 Å². The average molecular weight is 327 g/mol. The Kier molecular flexibility index (Phi) is 4.96. The van der Waals surface area contributed by atoms with Crippen LogP contribution in [0, 0.1) is 0 Å². The first-order chi connectivity index (χ1) is 11.7. The first kappa shape index (κ1) is 16.3. The van der Waals surface area contributed by atoms with Crippen molar-refractivity contribution in [2.24, 2.45) is 0 Å². The number of ether oxygens (including phenoxy) is 2. The minimum absolute atomic E-state index is 0.0289. The normalized spacial score (nSPS) is 14.3. The Balaban J connectivity index is 1.88. The molecule has 0 spiro atoms. The van der Waals surface area contributed by atoms with Crippen molar-refractivity contribution in [3.63, 3.8) is 0 Å². The second kappa shape index (κ2) is 7.31. The number of benzene rings is 1. The summed E-state index contributed by atoms with van der Waals surface area (Å²) in [6.07, 6.45) is 0. The summed E-state index contributed by atoms with van der Waals surface area (Å²) in [5.41, 5.74) is 2.07. The molecular weight excluding hydrogens is 306 g/mol. The second-order valence-electron chi connectivity index (χ2n) is 5.52. The number of piperazine rings is 1. The summed E-state index contributed by atoms with van der Waals surface area (Å²) in [4.78, 5) is 19.0. The van der Waals surface area contributed by atoms with Crippen molar-refractivity contribution in [1.29, 1.82) is 0 Å². The summed E-state index contributed by atoms with van der Waals surface area (Å²) in [6, 6.07) is 11.1. The van der Waals surface area contributed by atoms with Crippen LogP contribution >= 0.6 is 0 Å². The molecule has 6 heteroatoms. The lowest BCUT2D eigenvalue weighted by molar-refractivity contribution is 0.0730. The molecular formula is C18H21N3O3. The van der Waals surface area contributed by atoms with E-state index >= 15 is 0 Å². The first-order valence-corrected chi connectivity index (χ1v) is 7.92. The van der Waals surface area contributed by atoms with Crippen LogP contribution in [0.15, 0.2) is 36.4 Å². The van der Waals surface area contributed by atoms with Gasteiger partial charge in [-0.2, -0.15) is 0 Å². The van der Waals surface area contributed by atoms with E-state index in [-0.39, 0.29) is 5.91 Å². The predicted molar refractivity (Wildman–Crippen MR) is 91.6 cm³/mol. The third kappa shape index (κ3) is 3.33. The van der Waals surface area contributed by atoms with Crippen molar-refractivity contribution < 1.29 is 14.3 Å². The summed E-state index contributed by atoms with van der Waals surface area (Å²) in [5, 5.41) is 3.24. The maximum absolute atomic E-state index is 12.6. The van der Waals surface area contributed by atoms with Crippen LogP contribution in [0.25, 0.3) is 11.3 Å². The minimum atomic E-state index is -0.0289. The first-order valence-electron chi connectivity index (χ1n) is 7.92. The molecule has 24 heavy (non-hydrogen) atoms. The molecule has 1 saturated heterocycles. The van der Waals surface area contributed by atoms with Crippen molar-refractivity contribution in [1.82, 2.24) is 15.2 Å². The Morgan fingerprint density at radius 2 is 1.83 bits per heavy atom. The Hall–Kier alpha value is -2.60. The number of carbonyl (C=O) groups excluding carboxylic acids is 1. The number of carbonyl (C=O) groups is 1. The van der Waals surface area contributed by atoms with E-state index in [4.69, 9.17) is 9.47 Å². The van der Waals surface area contributed by atoms with Gasteiger partial charge in [0.25, 0.3) is 5.91 Å². The molecule has 2 aromatic rings. The number of nitrogens with one attached hydrogen (secondary N) is 1. The third-order valence-corrected chi connectivity index (χ3v) is 4.05. The molecule has 1 amide bonds. The van der Waals surface area contributed by atoms with Gasteiger partial charge in [0.15, 0.2) is 11.5 Å². The van der Waals surface area contributed by atoms with E-state index in [0.29, 0.717) is 30.3 Å². The van der Waals surface area contributed by atoms with Gasteiger partial charge in [-0.05, 0) is 30.3 Å². The van der Waals surface area contributed by atoms with E-state index in [2.05, 4.69) is 10.3 Å². The number of amides is 1. The van der Waals surface area contributed by atoms with Crippen LogP contribution in [0.4, 0.5) is 0 Å². The summed E-state index contributed by atoms with van der Waals surface area (Å²) in [6.45, 7) is 3.06. The number of nitrogens with zero attached hydrogens (tertiary/aromatic N) is 2. The molecule has 1 fully saturated rings. The van der Waals surface area contributed by atoms with E-state index in [9.17, 15) is 4.79 Å². The molecule has 6 nitrogen and oxygen atoms in total. The Morgan fingerprint density at radius 1 is 1.08 bits per heavy atom. The monoisotopic (exact) mass is 327 g/mol. The van der Waals surface area contributed by atoms with Gasteiger partial charge in [0.1, 0.15) is 5.69 Å². The summed E-state index contributed by atoms with van der Waals surface area (Å²) in [7, 11) is 3.20. The Morgan fingerprint density at radius 3 is 2.54 bits per heavy atom. The van der Waals surface area contributed by atoms with Gasteiger partial charge in [-0.3, -0.25) is 4.79 Å². The fraction of sp³-hybridized carbons (Fsp3) is 0.333. The molecule has 2 heterocycles. The molecule has 0 unspecified atom stereocenters. The molecule has 1 aromatic heterocycles. The lowest BCUT2D eigenvalue weighted by atomic mass is 10.1. The quantitative estimate of drug-likeness (QED) is 0.928. The predicted octanol–water partition coefficient (Wildman–Crippen LogP) is 1.81. The van der Waals surface area contributed by atoms with Gasteiger partial charge in [0.2, 0.25) is 0 Å². The molecule has 3 rings (SSSR count). The molecule has 1 aromatic carbocycles. The molecule has 126 valence electrons. The molecule has 1 aliphatic rings. The van der Waals surface area contributed by atoms with Crippen LogP contribution in [-0.2, 0) is 0 Å². The Bertz CT molecular complexity index is 727. The number of rotatable bonds is 4. The van der Waals surface area contributed by atoms with Gasteiger partial charge in [0.05, 0.1) is 19.9 Å². The third-order valence-electron chi connectivity index (χ3n) is 4.05. The summed E-state index contributed by atoms with van der Waals surface area (Å²) < 4.78 is 10.6. The zero-order chi connectivity index (χ0) is 16.9. The zero-order valence-corrected chi connectivity index (χ0v) is 13.9. The highest BCUT2D eigenvalue weighted by Crippen LogP contribution is 2.31. The lowest BCUT2D eigenvalue weighted by Gasteiger charge is -2.27. The van der Waals surface area contributed by atoms with Gasteiger partial charge in [0, 0.05) is 31.7 Å². The SMILES string of the molecule is COc1ccc(-c2cccc(C(=O)N3CCNCC3)n2)cc1OC. The molecule has 0 saturated carbocycles. The lowest BCUT2D eigenvalue weighted by Crippen LogP contribution is -2.46. The van der Waals surface area contributed by atoms with Crippen LogP contribution in [0.3, 0.4) is 0 Å². The van der Waals surface area contributed by atoms with Crippen LogP contribution in [-0.4, -0.2) is 56.2 Å². The minimum Gasteiger partial charge on any atom is -0.493 e. The maximum atomic E-state index is 12.6. The standard InChI is InChI=1S/C18H21N3O3/c1-23-16-7-6-13(12-17(16)24-2)14-4-3-5-15(20-14)18(22)21-10-8-19-9-11-21/h3-7,12,19H,8-11H2,1-2H3. The van der Waals surface area contributed by atoms with E-state index in [1.165, 1.54) is 0 Å². The van der Waals surface area contributed by atoms with Gasteiger partial charge in [-0.1, -0.05) is 6.07 Å². The fourth-order valence-corrected chi connectivity index (χ4v) is 2.74. The highest BCUT2D eigenvalue weighted by molar-refractivity contribution is 5.93. The van der Waals surface area contributed by atoms with E-state index < -0.39 is 0 Å². The summed E-state index contributed by atoms with van der Waals surface area (Å²) >= 11 is 0. The molecule has 1 aliphatic heterocycles. The fourth-order valence-electron chi connectivity index (χ4n) is 2.74. The van der Waals surface area contributed by atoms with E-state index in [1.807, 2.05) is 35.2 Å². The highest BCUT2D eigenvalue weighted by Gasteiger charge is 2.19. The number of methoxy groups -OCH3 is 2. The van der Waals surface area contributed by atoms with Crippen LogP contribution in [0.2, 0.25) is 0 Å². The van der Waals surface area contributed by atoms with Crippen molar-refractivity contribution in [3.8, 4) is 22.8 Å². The summed E-state index contributed by atoms with van der Waals surface area (Å²) in [5.74, 6) is 1.27. The van der Waals surface area contributed by atoms with Gasteiger partial charge < -0.3 is 19.7 Å². The van der Waals surface area contributed by atoms with Crippen molar-refractivity contribution in [2.45, 2.75) is 0 Å². The highest BCUT2D eigenvalue weighted by atomic mass is 16.5. The average Bonchev–Trinajstić information content (AvgIpc) is 2.67. The number of pyridine rings is 1. The molecule has 0 aliphatic carbocycles. The maximum Gasteiger partial charge on any atom is 0.272 e. The number of aromatic nitrogens is 1. The molecule has 0 bridgehead atoms. The van der Waals surface area contributed by atoms with Crippen molar-refractivity contribution >= 4 is 5.91 Å². The largest absolute Gasteiger partial charge is 0.493 e. The van der Waals surface area contributed by atoms with Crippen LogP contribution in [0.1, 0.15) is 10.5 Å². The smallest absolute Gasteiger partial charge is 0.272 e. The van der Waals surface area contributed by atoms with Gasteiger partial charge in [-0.25, -0.2) is 4.98 Å². The molecule has 1 N–H and O–H groups in total. The zero-order valence-electron chi connectivity index (χ0n) is 13.9. The molecule has 0 atom stereocenters. The van der Waals surface area contributed by atoms with Crippen molar-refractivity contribution in [2.75, 3.05) is 40.4 Å². The van der Waals surface area contributed by atoms with Crippen LogP contribution in [0.5, 0.6) is 11.5 Å². The van der Waals surface area contributed by atoms with Gasteiger partial charge in [-0.15, -0.1) is 0 Å². The molecule has 0 radical (unpaired) electrons. The Labute approximate surface area is 141 Å². The number of hydrogen-bond acceptors (Lipinski definition) is 5. The second-order valence-corrected chi connectivity index (χ2v) is 5.52. The van der Waals surface area contributed by atoms with Gasteiger partial charge >= 0.3 is 0 Å². The number of hydrogen-bond donors (Lipinski definition) is 1.